The van der Waals surface area contributed by atoms with Crippen molar-refractivity contribution in [3.8, 4) is 11.3 Å². The number of anilines is 1. The van der Waals surface area contributed by atoms with E-state index in [9.17, 15) is 14.3 Å². The summed E-state index contributed by atoms with van der Waals surface area (Å²) >= 11 is 6.16. The minimum Gasteiger partial charge on any atom is -0.437 e. The summed E-state index contributed by atoms with van der Waals surface area (Å²) in [5, 5.41) is 9.81. The molecule has 0 bridgehead atoms. The number of carbonyl (C=O) groups excluding carboxylic acids is 1. The number of rotatable bonds is 5. The number of hydrogen-bond donors (Lipinski definition) is 1. The third-order valence-corrected chi connectivity index (χ3v) is 5.59. The number of amides is 1. The topological polar surface area (TPSA) is 62.7 Å². The number of nitrogens with zero attached hydrogens (tertiary/aromatic N) is 2. The highest BCUT2D eigenvalue weighted by Gasteiger charge is 2.42. The lowest BCUT2D eigenvalue weighted by Crippen LogP contribution is -2.48. The van der Waals surface area contributed by atoms with Crippen LogP contribution in [-0.2, 0) is 10.3 Å². The van der Waals surface area contributed by atoms with Gasteiger partial charge in [-0.05, 0) is 35.9 Å². The standard InChI is InChI=1S/C23H20ClFN2O3/c24-19-15-17(25)9-10-18(19)20-7-4-8-21(26-20)27-13-11-23(12-14-28,30-22(27)29)16-5-2-1-3-6-16/h1-10,15,28H,11-14H2. The molecule has 1 aliphatic rings. The second-order valence-corrected chi connectivity index (χ2v) is 7.52. The fourth-order valence-corrected chi connectivity index (χ4v) is 4.00. The first-order valence-electron chi connectivity index (χ1n) is 9.62. The number of halogens is 2. The number of benzene rings is 2. The average molecular weight is 427 g/mol. The minimum atomic E-state index is -0.874. The Morgan fingerprint density at radius 1 is 1.13 bits per heavy atom. The molecular weight excluding hydrogens is 407 g/mol. The number of aliphatic hydroxyl groups excluding tert-OH is 1. The SMILES string of the molecule is O=C1OC(CCO)(c2ccccc2)CCN1c1cccc(-c2ccc(F)cc2Cl)n1. The van der Waals surface area contributed by atoms with Crippen LogP contribution in [0.1, 0.15) is 18.4 Å². The van der Waals surface area contributed by atoms with Crippen LogP contribution in [0.3, 0.4) is 0 Å². The summed E-state index contributed by atoms with van der Waals surface area (Å²) < 4.78 is 19.2. The second kappa shape index (κ2) is 8.42. The number of carbonyl (C=O) groups is 1. The zero-order chi connectivity index (χ0) is 21.1. The number of pyridine rings is 1. The lowest BCUT2D eigenvalue weighted by Gasteiger charge is -2.41. The zero-order valence-electron chi connectivity index (χ0n) is 16.1. The van der Waals surface area contributed by atoms with E-state index in [2.05, 4.69) is 4.98 Å². The Morgan fingerprint density at radius 3 is 2.63 bits per heavy atom. The molecule has 1 aliphatic heterocycles. The summed E-state index contributed by atoms with van der Waals surface area (Å²) in [4.78, 5) is 18.9. The van der Waals surface area contributed by atoms with Gasteiger partial charge in [0, 0.05) is 31.6 Å². The molecule has 3 aromatic rings. The van der Waals surface area contributed by atoms with Crippen LogP contribution in [0.2, 0.25) is 5.02 Å². The normalized spacial score (nSPS) is 18.9. The minimum absolute atomic E-state index is 0.0982. The molecule has 7 heteroatoms. The molecule has 1 amide bonds. The van der Waals surface area contributed by atoms with Crippen LogP contribution in [0.15, 0.2) is 66.7 Å². The molecule has 30 heavy (non-hydrogen) atoms. The molecule has 0 spiro atoms. The fourth-order valence-electron chi connectivity index (χ4n) is 3.73. The second-order valence-electron chi connectivity index (χ2n) is 7.11. The Morgan fingerprint density at radius 2 is 1.93 bits per heavy atom. The summed E-state index contributed by atoms with van der Waals surface area (Å²) in [6.07, 6.45) is 0.287. The van der Waals surface area contributed by atoms with Crippen molar-refractivity contribution in [3.05, 3.63) is 83.1 Å². The van der Waals surface area contributed by atoms with E-state index in [1.165, 1.54) is 17.0 Å². The van der Waals surface area contributed by atoms with Gasteiger partial charge in [-0.25, -0.2) is 14.2 Å². The number of hydrogen-bond acceptors (Lipinski definition) is 4. The van der Waals surface area contributed by atoms with E-state index in [0.717, 1.165) is 5.56 Å². The Bertz CT molecular complexity index is 1060. The quantitative estimate of drug-likeness (QED) is 0.611. The van der Waals surface area contributed by atoms with E-state index in [0.29, 0.717) is 36.5 Å². The zero-order valence-corrected chi connectivity index (χ0v) is 16.8. The highest BCUT2D eigenvalue weighted by atomic mass is 35.5. The molecule has 1 N–H and O–H groups in total. The Kier molecular flexibility index (Phi) is 5.70. The number of aliphatic hydroxyl groups is 1. The Labute approximate surface area is 178 Å². The molecule has 1 saturated heterocycles. The van der Waals surface area contributed by atoms with Crippen LogP contribution in [0.4, 0.5) is 15.0 Å². The number of aromatic nitrogens is 1. The van der Waals surface area contributed by atoms with Gasteiger partial charge >= 0.3 is 6.09 Å². The first-order chi connectivity index (χ1) is 14.5. The van der Waals surface area contributed by atoms with Gasteiger partial charge < -0.3 is 9.84 Å². The van der Waals surface area contributed by atoms with Crippen LogP contribution < -0.4 is 4.90 Å². The molecule has 0 saturated carbocycles. The van der Waals surface area contributed by atoms with Crippen molar-refractivity contribution in [1.29, 1.82) is 0 Å². The van der Waals surface area contributed by atoms with Crippen molar-refractivity contribution < 1.29 is 19.0 Å². The maximum atomic E-state index is 13.4. The fraction of sp³-hybridized carbons (Fsp3) is 0.217. The van der Waals surface area contributed by atoms with Crippen molar-refractivity contribution in [2.24, 2.45) is 0 Å². The first kappa shape index (κ1) is 20.3. The van der Waals surface area contributed by atoms with Crippen molar-refractivity contribution in [1.82, 2.24) is 4.98 Å². The summed E-state index contributed by atoms with van der Waals surface area (Å²) in [7, 11) is 0. The summed E-state index contributed by atoms with van der Waals surface area (Å²) in [6.45, 7) is 0.278. The summed E-state index contributed by atoms with van der Waals surface area (Å²) in [5.41, 5.74) is 1.08. The van der Waals surface area contributed by atoms with Crippen LogP contribution in [0.5, 0.6) is 0 Å². The molecule has 0 radical (unpaired) electrons. The molecule has 154 valence electrons. The predicted octanol–water partition coefficient (Wildman–Crippen LogP) is 5.17. The Hall–Kier alpha value is -2.96. The predicted molar refractivity (Wildman–Crippen MR) is 113 cm³/mol. The van der Waals surface area contributed by atoms with Crippen molar-refractivity contribution in [2.45, 2.75) is 18.4 Å². The van der Waals surface area contributed by atoms with Crippen LogP contribution in [0.25, 0.3) is 11.3 Å². The van der Waals surface area contributed by atoms with E-state index in [1.54, 1.807) is 24.3 Å². The van der Waals surface area contributed by atoms with E-state index >= 15 is 0 Å². The van der Waals surface area contributed by atoms with Gasteiger partial charge in [-0.15, -0.1) is 0 Å². The summed E-state index contributed by atoms with van der Waals surface area (Å²) in [5.74, 6) is -0.0100. The number of cyclic esters (lactones) is 1. The van der Waals surface area contributed by atoms with Gasteiger partial charge in [-0.1, -0.05) is 48.0 Å². The van der Waals surface area contributed by atoms with Gasteiger partial charge in [-0.3, -0.25) is 4.90 Å². The molecule has 2 aromatic carbocycles. The molecule has 1 atom stereocenters. The van der Waals surface area contributed by atoms with Gasteiger partial charge in [-0.2, -0.15) is 0 Å². The monoisotopic (exact) mass is 426 g/mol. The molecule has 0 aliphatic carbocycles. The van der Waals surface area contributed by atoms with E-state index in [1.807, 2.05) is 30.3 Å². The molecule has 2 heterocycles. The smallest absolute Gasteiger partial charge is 0.416 e. The van der Waals surface area contributed by atoms with Gasteiger partial charge in [0.15, 0.2) is 0 Å². The molecule has 5 nitrogen and oxygen atoms in total. The largest absolute Gasteiger partial charge is 0.437 e. The van der Waals surface area contributed by atoms with Gasteiger partial charge in [0.2, 0.25) is 0 Å². The number of ether oxygens (including phenoxy) is 1. The molecular formula is C23H20ClFN2O3. The lowest BCUT2D eigenvalue weighted by molar-refractivity contribution is -0.0259. The molecule has 1 unspecified atom stereocenters. The van der Waals surface area contributed by atoms with Crippen molar-refractivity contribution in [2.75, 3.05) is 18.1 Å². The molecule has 4 rings (SSSR count). The van der Waals surface area contributed by atoms with Gasteiger partial charge in [0.05, 0.1) is 10.7 Å². The third kappa shape index (κ3) is 3.88. The van der Waals surface area contributed by atoms with Crippen LogP contribution in [0, 0.1) is 5.82 Å². The summed E-state index contributed by atoms with van der Waals surface area (Å²) in [6, 6.07) is 18.8. The maximum Gasteiger partial charge on any atom is 0.416 e. The van der Waals surface area contributed by atoms with Gasteiger partial charge in [0.25, 0.3) is 0 Å². The molecule has 1 aromatic heterocycles. The van der Waals surface area contributed by atoms with Crippen LogP contribution >= 0.6 is 11.6 Å². The highest BCUT2D eigenvalue weighted by molar-refractivity contribution is 6.33. The first-order valence-corrected chi connectivity index (χ1v) is 10.00. The van der Waals surface area contributed by atoms with Gasteiger partial charge in [0.1, 0.15) is 17.2 Å². The Balaban J connectivity index is 1.62. The van der Waals surface area contributed by atoms with E-state index in [4.69, 9.17) is 16.3 Å². The van der Waals surface area contributed by atoms with Crippen molar-refractivity contribution in [3.63, 3.8) is 0 Å². The highest BCUT2D eigenvalue weighted by Crippen LogP contribution is 2.38. The molecule has 1 fully saturated rings. The third-order valence-electron chi connectivity index (χ3n) is 5.28. The van der Waals surface area contributed by atoms with E-state index < -0.39 is 17.5 Å². The van der Waals surface area contributed by atoms with E-state index in [-0.39, 0.29) is 11.6 Å². The van der Waals surface area contributed by atoms with Crippen molar-refractivity contribution >= 4 is 23.5 Å². The lowest BCUT2D eigenvalue weighted by atomic mass is 9.86. The maximum absolute atomic E-state index is 13.4. The van der Waals surface area contributed by atoms with Crippen LogP contribution in [-0.4, -0.2) is 29.3 Å². The average Bonchev–Trinajstić information content (AvgIpc) is 2.75.